The number of fused-ring (bicyclic) bond motifs is 1. The van der Waals surface area contributed by atoms with Gasteiger partial charge in [-0.2, -0.15) is 0 Å². The molecular weight excluding hydrogens is 208 g/mol. The largest absolute Gasteiger partial charge is 0.398 e. The van der Waals surface area contributed by atoms with E-state index < -0.39 is 6.10 Å². The number of nitrogen functional groups attached to an aromatic ring is 1. The molecule has 1 amide bonds. The zero-order valence-corrected chi connectivity index (χ0v) is 8.76. The number of hydrogen-bond acceptors (Lipinski definition) is 4. The van der Waals surface area contributed by atoms with Crippen molar-refractivity contribution >= 4 is 11.6 Å². The van der Waals surface area contributed by atoms with E-state index in [0.29, 0.717) is 17.8 Å². The van der Waals surface area contributed by atoms with Crippen LogP contribution in [0.3, 0.4) is 0 Å². The van der Waals surface area contributed by atoms with E-state index in [2.05, 4.69) is 0 Å². The highest BCUT2D eigenvalue weighted by Gasteiger charge is 2.30. The molecule has 1 aromatic carbocycles. The first-order chi connectivity index (χ1) is 7.63. The summed E-state index contributed by atoms with van der Waals surface area (Å²) in [6, 6.07) is 5.32. The van der Waals surface area contributed by atoms with E-state index in [9.17, 15) is 9.90 Å². The fourth-order valence-electron chi connectivity index (χ4n) is 1.91. The standard InChI is InChI=1S/C11H14N2O3/c12-9-3-1-2-7-4-13(5-8(15)6-14)11(16)10(7)9/h1-3,8,14-15H,4-6,12H2/t8-/m1/s1. The lowest BCUT2D eigenvalue weighted by molar-refractivity contribution is 0.0476. The highest BCUT2D eigenvalue weighted by molar-refractivity contribution is 6.03. The van der Waals surface area contributed by atoms with E-state index in [1.54, 1.807) is 12.1 Å². The Hall–Kier alpha value is -1.59. The van der Waals surface area contributed by atoms with Gasteiger partial charge in [-0.05, 0) is 11.6 Å². The Kier molecular flexibility index (Phi) is 2.80. The minimum atomic E-state index is -0.903. The lowest BCUT2D eigenvalue weighted by atomic mass is 10.1. The van der Waals surface area contributed by atoms with Gasteiger partial charge in [0.25, 0.3) is 5.91 Å². The summed E-state index contributed by atoms with van der Waals surface area (Å²) in [6.07, 6.45) is -0.903. The smallest absolute Gasteiger partial charge is 0.256 e. The van der Waals surface area contributed by atoms with Crippen molar-refractivity contribution in [3.63, 3.8) is 0 Å². The number of nitrogens with two attached hydrogens (primary N) is 1. The Bertz CT molecular complexity index is 420. The summed E-state index contributed by atoms with van der Waals surface area (Å²) >= 11 is 0. The second kappa shape index (κ2) is 4.11. The average Bonchev–Trinajstić information content (AvgIpc) is 2.57. The van der Waals surface area contributed by atoms with Crippen molar-refractivity contribution in [3.05, 3.63) is 29.3 Å². The number of amides is 1. The van der Waals surface area contributed by atoms with Gasteiger partial charge in [-0.15, -0.1) is 0 Å². The summed E-state index contributed by atoms with van der Waals surface area (Å²) < 4.78 is 0. The van der Waals surface area contributed by atoms with E-state index in [-0.39, 0.29) is 19.1 Å². The van der Waals surface area contributed by atoms with Crippen LogP contribution < -0.4 is 5.73 Å². The van der Waals surface area contributed by atoms with Crippen LogP contribution in [0.5, 0.6) is 0 Å². The number of rotatable bonds is 3. The van der Waals surface area contributed by atoms with Crippen molar-refractivity contribution in [2.75, 3.05) is 18.9 Å². The third-order valence-corrected chi connectivity index (χ3v) is 2.69. The van der Waals surface area contributed by atoms with E-state index >= 15 is 0 Å². The number of aliphatic hydroxyl groups is 2. The molecule has 16 heavy (non-hydrogen) atoms. The predicted molar refractivity (Wildman–Crippen MR) is 58.7 cm³/mol. The summed E-state index contributed by atoms with van der Waals surface area (Å²) in [5.41, 5.74) is 7.58. The first-order valence-electron chi connectivity index (χ1n) is 5.09. The molecule has 0 unspecified atom stereocenters. The van der Waals surface area contributed by atoms with Crippen LogP contribution in [0.25, 0.3) is 0 Å². The quantitative estimate of drug-likeness (QED) is 0.606. The molecule has 0 aromatic heterocycles. The van der Waals surface area contributed by atoms with Crippen LogP contribution >= 0.6 is 0 Å². The molecule has 1 heterocycles. The first-order valence-corrected chi connectivity index (χ1v) is 5.09. The van der Waals surface area contributed by atoms with Crippen LogP contribution in [-0.2, 0) is 6.54 Å². The molecule has 5 nitrogen and oxygen atoms in total. The molecule has 86 valence electrons. The number of carbonyl (C=O) groups excluding carboxylic acids is 1. The monoisotopic (exact) mass is 222 g/mol. The number of aliphatic hydroxyl groups excluding tert-OH is 2. The van der Waals surface area contributed by atoms with Gasteiger partial charge in [0, 0.05) is 18.8 Å². The summed E-state index contributed by atoms with van der Waals surface area (Å²) in [7, 11) is 0. The molecule has 0 saturated carbocycles. The van der Waals surface area contributed by atoms with E-state index in [0.717, 1.165) is 5.56 Å². The van der Waals surface area contributed by atoms with Gasteiger partial charge >= 0.3 is 0 Å². The van der Waals surface area contributed by atoms with Crippen molar-refractivity contribution in [1.82, 2.24) is 4.90 Å². The number of hydrogen-bond donors (Lipinski definition) is 3. The molecule has 2 rings (SSSR count). The molecule has 1 aliphatic heterocycles. The maximum atomic E-state index is 11.9. The van der Waals surface area contributed by atoms with Crippen LogP contribution in [0.2, 0.25) is 0 Å². The molecule has 0 radical (unpaired) electrons. The first kappa shape index (κ1) is 10.9. The molecule has 1 aliphatic rings. The van der Waals surface area contributed by atoms with Crippen molar-refractivity contribution in [3.8, 4) is 0 Å². The van der Waals surface area contributed by atoms with Crippen LogP contribution in [-0.4, -0.2) is 40.3 Å². The summed E-state index contributed by atoms with van der Waals surface area (Å²) in [5.74, 6) is -0.180. The van der Waals surface area contributed by atoms with Crippen molar-refractivity contribution in [2.24, 2.45) is 0 Å². The highest BCUT2D eigenvalue weighted by atomic mass is 16.3. The number of anilines is 1. The fraction of sp³-hybridized carbons (Fsp3) is 0.364. The summed E-state index contributed by atoms with van der Waals surface area (Å²) in [6.45, 7) is 0.218. The minimum Gasteiger partial charge on any atom is -0.398 e. The lowest BCUT2D eigenvalue weighted by Gasteiger charge is -2.18. The van der Waals surface area contributed by atoms with Gasteiger partial charge in [0.1, 0.15) is 0 Å². The Morgan fingerprint density at radius 1 is 1.50 bits per heavy atom. The molecular formula is C11H14N2O3. The Morgan fingerprint density at radius 2 is 2.25 bits per heavy atom. The van der Waals surface area contributed by atoms with Crippen LogP contribution in [0.15, 0.2) is 18.2 Å². The van der Waals surface area contributed by atoms with Crippen molar-refractivity contribution < 1.29 is 15.0 Å². The maximum Gasteiger partial charge on any atom is 0.256 e. The number of β-amino-alcohol motifs (C(OH)–C–C–N with tert-alkyl or cyclic N) is 1. The van der Waals surface area contributed by atoms with Crippen LogP contribution in [0, 0.1) is 0 Å². The van der Waals surface area contributed by atoms with E-state index in [4.69, 9.17) is 10.8 Å². The van der Waals surface area contributed by atoms with Gasteiger partial charge in [-0.1, -0.05) is 12.1 Å². The van der Waals surface area contributed by atoms with Gasteiger partial charge < -0.3 is 20.8 Å². The van der Waals surface area contributed by atoms with Gasteiger partial charge in [-0.25, -0.2) is 0 Å². The third-order valence-electron chi connectivity index (χ3n) is 2.69. The van der Waals surface area contributed by atoms with Crippen LogP contribution in [0.4, 0.5) is 5.69 Å². The molecule has 0 spiro atoms. The molecule has 1 aromatic rings. The zero-order chi connectivity index (χ0) is 11.7. The van der Waals surface area contributed by atoms with Crippen molar-refractivity contribution in [1.29, 1.82) is 0 Å². The van der Waals surface area contributed by atoms with Gasteiger partial charge in [0.2, 0.25) is 0 Å². The summed E-state index contributed by atoms with van der Waals surface area (Å²) in [4.78, 5) is 13.4. The normalized spacial score (nSPS) is 16.4. The highest BCUT2D eigenvalue weighted by Crippen LogP contribution is 2.27. The Morgan fingerprint density at radius 3 is 2.88 bits per heavy atom. The molecule has 0 fully saturated rings. The van der Waals surface area contributed by atoms with E-state index in [1.807, 2.05) is 6.07 Å². The average molecular weight is 222 g/mol. The Balaban J connectivity index is 2.21. The van der Waals surface area contributed by atoms with Gasteiger partial charge in [-0.3, -0.25) is 4.79 Å². The molecule has 4 N–H and O–H groups in total. The second-order valence-corrected chi connectivity index (χ2v) is 3.90. The SMILES string of the molecule is Nc1cccc2c1C(=O)N(C[C@@H](O)CO)C2. The number of benzene rings is 1. The maximum absolute atomic E-state index is 11.9. The van der Waals surface area contributed by atoms with Crippen LogP contribution in [0.1, 0.15) is 15.9 Å². The van der Waals surface area contributed by atoms with Gasteiger partial charge in [0.15, 0.2) is 0 Å². The topological polar surface area (TPSA) is 86.8 Å². The lowest BCUT2D eigenvalue weighted by Crippen LogP contribution is -2.34. The molecule has 0 bridgehead atoms. The second-order valence-electron chi connectivity index (χ2n) is 3.90. The van der Waals surface area contributed by atoms with Gasteiger partial charge in [0.05, 0.1) is 18.3 Å². The molecule has 5 heteroatoms. The molecule has 0 aliphatic carbocycles. The third kappa shape index (κ3) is 1.75. The number of carbonyl (C=O) groups is 1. The van der Waals surface area contributed by atoms with Crippen molar-refractivity contribution in [2.45, 2.75) is 12.6 Å². The molecule has 1 atom stereocenters. The zero-order valence-electron chi connectivity index (χ0n) is 8.76. The Labute approximate surface area is 93.1 Å². The minimum absolute atomic E-state index is 0.128. The number of nitrogens with zero attached hydrogens (tertiary/aromatic N) is 1. The van der Waals surface area contributed by atoms with E-state index in [1.165, 1.54) is 4.90 Å². The summed E-state index contributed by atoms with van der Waals surface area (Å²) in [5, 5.41) is 18.0. The predicted octanol–water partition coefficient (Wildman–Crippen LogP) is -0.422. The molecule has 0 saturated heterocycles. The fourth-order valence-corrected chi connectivity index (χ4v) is 1.91.